The summed E-state index contributed by atoms with van der Waals surface area (Å²) in [6.45, 7) is 3.38. The molecule has 0 aromatic heterocycles. The van der Waals surface area contributed by atoms with Gasteiger partial charge in [0.05, 0.1) is 18.8 Å². The predicted octanol–water partition coefficient (Wildman–Crippen LogP) is 3.53. The molecule has 5 atom stereocenters. The predicted molar refractivity (Wildman–Crippen MR) is 142 cm³/mol. The Balaban J connectivity index is 1.46. The fraction of sp³-hybridized carbons (Fsp3) is 0.400. The smallest absolute Gasteiger partial charge is 0.202 e. The zero-order valence-corrected chi connectivity index (χ0v) is 22.1. The van der Waals surface area contributed by atoms with E-state index in [1.54, 1.807) is 18.2 Å². The second-order valence-corrected chi connectivity index (χ2v) is 11.1. The molecule has 202 valence electrons. The Morgan fingerprint density at radius 1 is 0.974 bits per heavy atom. The third-order valence-corrected chi connectivity index (χ3v) is 8.10. The molecule has 2 aliphatic heterocycles. The van der Waals surface area contributed by atoms with Gasteiger partial charge < -0.3 is 34.6 Å². The van der Waals surface area contributed by atoms with Crippen LogP contribution in [0.2, 0.25) is 0 Å². The van der Waals surface area contributed by atoms with Gasteiger partial charge in [-0.1, -0.05) is 72.3 Å². The Kier molecular flexibility index (Phi) is 7.30. The molecule has 7 nitrogen and oxygen atoms in total. The number of rotatable bonds is 7. The highest BCUT2D eigenvalue weighted by molar-refractivity contribution is 6.24. The first-order valence-electron chi connectivity index (χ1n) is 12.7. The molecule has 3 aromatic rings. The van der Waals surface area contributed by atoms with Crippen molar-refractivity contribution in [2.45, 2.75) is 54.8 Å². The Morgan fingerprint density at radius 2 is 1.68 bits per heavy atom. The second-order valence-electron chi connectivity index (χ2n) is 10.5. The zero-order chi connectivity index (χ0) is 27.1. The lowest BCUT2D eigenvalue weighted by Crippen LogP contribution is -2.66. The topological polar surface area (TPSA) is 109 Å². The molecule has 2 heterocycles. The molecule has 5 rings (SSSR count). The van der Waals surface area contributed by atoms with Crippen LogP contribution >= 0.6 is 11.6 Å². The molecule has 0 bridgehead atoms. The normalized spacial score (nSPS) is 30.1. The number of aliphatic hydroxyl groups excluding tert-OH is 2. The van der Waals surface area contributed by atoms with Crippen molar-refractivity contribution in [3.8, 4) is 5.75 Å². The van der Waals surface area contributed by atoms with Crippen LogP contribution < -0.4 is 4.74 Å². The van der Waals surface area contributed by atoms with Gasteiger partial charge in [0.2, 0.25) is 5.06 Å². The van der Waals surface area contributed by atoms with Gasteiger partial charge in [-0.25, -0.2) is 0 Å². The van der Waals surface area contributed by atoms with Gasteiger partial charge in [0.1, 0.15) is 30.7 Å². The molecule has 8 heteroatoms. The van der Waals surface area contributed by atoms with Gasteiger partial charge in [0, 0.05) is 0 Å². The van der Waals surface area contributed by atoms with Crippen molar-refractivity contribution in [2.24, 2.45) is 0 Å². The lowest BCUT2D eigenvalue weighted by atomic mass is 9.78. The molecule has 2 aliphatic rings. The molecular formula is C30H33ClO7. The Hall–Kier alpha value is -2.49. The van der Waals surface area contributed by atoms with E-state index in [0.717, 1.165) is 16.7 Å². The SMILES string of the molecule is CC1(C)OC(COc2ccc(C3(O)COC(CO)C(O)C3(O)Cl)c(Cc3ccccc3)c2)c2ccccc21. The molecule has 0 amide bonds. The van der Waals surface area contributed by atoms with E-state index in [9.17, 15) is 20.4 Å². The Morgan fingerprint density at radius 3 is 2.42 bits per heavy atom. The van der Waals surface area contributed by atoms with Crippen molar-refractivity contribution in [1.82, 2.24) is 0 Å². The van der Waals surface area contributed by atoms with E-state index in [2.05, 4.69) is 6.07 Å². The van der Waals surface area contributed by atoms with Gasteiger partial charge in [-0.2, -0.15) is 0 Å². The number of hydrogen-bond acceptors (Lipinski definition) is 7. The summed E-state index contributed by atoms with van der Waals surface area (Å²) in [5.41, 5.74) is 1.55. The second kappa shape index (κ2) is 10.2. The Bertz CT molecular complexity index is 1280. The standard InChI is InChI=1S/C30H33ClO7/c1-28(2)24-11-7-6-10-22(24)26(38-28)17-36-21-12-13-23(20(15-21)14-19-8-4-3-5-9-19)29(34)18-37-25(16-32)27(33)30(29,31)35/h3-13,15,25-27,32-35H,14,16-18H2,1-2H3. The van der Waals surface area contributed by atoms with Crippen molar-refractivity contribution in [3.05, 3.63) is 101 Å². The van der Waals surface area contributed by atoms with E-state index in [4.69, 9.17) is 25.8 Å². The highest BCUT2D eigenvalue weighted by Gasteiger charge is 2.60. The minimum Gasteiger partial charge on any atom is -0.491 e. The first-order chi connectivity index (χ1) is 18.1. The van der Waals surface area contributed by atoms with Gasteiger partial charge in [-0.15, -0.1) is 0 Å². The van der Waals surface area contributed by atoms with Crippen LogP contribution in [0.4, 0.5) is 0 Å². The fourth-order valence-electron chi connectivity index (χ4n) is 5.46. The highest BCUT2D eigenvalue weighted by atomic mass is 35.5. The van der Waals surface area contributed by atoms with Gasteiger partial charge in [0.15, 0.2) is 5.60 Å². The van der Waals surface area contributed by atoms with E-state index in [1.807, 2.05) is 62.4 Å². The summed E-state index contributed by atoms with van der Waals surface area (Å²) in [6.07, 6.45) is -2.70. The largest absolute Gasteiger partial charge is 0.491 e. The van der Waals surface area contributed by atoms with E-state index >= 15 is 0 Å². The summed E-state index contributed by atoms with van der Waals surface area (Å²) < 4.78 is 18.0. The minimum atomic E-state index is -2.50. The van der Waals surface area contributed by atoms with Crippen LogP contribution in [-0.4, -0.2) is 57.5 Å². The number of benzene rings is 3. The molecular weight excluding hydrogens is 508 g/mol. The average molecular weight is 541 g/mol. The number of alkyl halides is 1. The molecule has 0 radical (unpaired) electrons. The van der Waals surface area contributed by atoms with Gasteiger partial charge in [-0.3, -0.25) is 0 Å². The van der Waals surface area contributed by atoms with Crippen LogP contribution in [0.1, 0.15) is 47.8 Å². The number of aliphatic hydroxyl groups is 4. The van der Waals surface area contributed by atoms with Crippen LogP contribution in [0.15, 0.2) is 72.8 Å². The summed E-state index contributed by atoms with van der Waals surface area (Å²) >= 11 is 6.39. The molecule has 4 N–H and O–H groups in total. The summed E-state index contributed by atoms with van der Waals surface area (Å²) in [5, 5.41) is 40.3. The molecule has 3 aromatic carbocycles. The van der Waals surface area contributed by atoms with Crippen molar-refractivity contribution < 1.29 is 34.6 Å². The first kappa shape index (κ1) is 27.1. The van der Waals surface area contributed by atoms with E-state index in [0.29, 0.717) is 23.3 Å². The number of hydrogen-bond donors (Lipinski definition) is 4. The summed E-state index contributed by atoms with van der Waals surface area (Å²) in [7, 11) is 0. The van der Waals surface area contributed by atoms with Crippen LogP contribution in [0.25, 0.3) is 0 Å². The van der Waals surface area contributed by atoms with Crippen molar-refractivity contribution in [2.75, 3.05) is 19.8 Å². The zero-order valence-electron chi connectivity index (χ0n) is 21.4. The average Bonchev–Trinajstić information content (AvgIpc) is 3.17. The monoisotopic (exact) mass is 540 g/mol. The van der Waals surface area contributed by atoms with Crippen LogP contribution in [0, 0.1) is 0 Å². The van der Waals surface area contributed by atoms with E-state index in [-0.39, 0.29) is 12.7 Å². The van der Waals surface area contributed by atoms with Crippen LogP contribution in [0.3, 0.4) is 0 Å². The van der Waals surface area contributed by atoms with Crippen LogP contribution in [-0.2, 0) is 27.1 Å². The Labute approximate surface area is 227 Å². The number of fused-ring (bicyclic) bond motifs is 1. The van der Waals surface area contributed by atoms with Crippen molar-refractivity contribution in [1.29, 1.82) is 0 Å². The fourth-order valence-corrected chi connectivity index (χ4v) is 5.76. The maximum absolute atomic E-state index is 11.7. The maximum Gasteiger partial charge on any atom is 0.202 e. The lowest BCUT2D eigenvalue weighted by Gasteiger charge is -2.48. The maximum atomic E-state index is 11.7. The molecule has 1 saturated heterocycles. The van der Waals surface area contributed by atoms with Gasteiger partial charge in [-0.05, 0) is 60.2 Å². The van der Waals surface area contributed by atoms with Crippen molar-refractivity contribution >= 4 is 11.6 Å². The molecule has 5 unspecified atom stereocenters. The number of ether oxygens (including phenoxy) is 3. The van der Waals surface area contributed by atoms with Crippen LogP contribution in [0.5, 0.6) is 5.75 Å². The molecule has 38 heavy (non-hydrogen) atoms. The third kappa shape index (κ3) is 4.73. The summed E-state index contributed by atoms with van der Waals surface area (Å²) in [4.78, 5) is 0. The molecule has 1 fully saturated rings. The first-order valence-corrected chi connectivity index (χ1v) is 13.1. The minimum absolute atomic E-state index is 0.243. The third-order valence-electron chi connectivity index (χ3n) is 7.56. The molecule has 0 saturated carbocycles. The molecule has 0 aliphatic carbocycles. The summed E-state index contributed by atoms with van der Waals surface area (Å²) in [6, 6.07) is 22.9. The summed E-state index contributed by atoms with van der Waals surface area (Å²) in [5.74, 6) is 0.553. The highest BCUT2D eigenvalue weighted by Crippen LogP contribution is 2.46. The van der Waals surface area contributed by atoms with Crippen molar-refractivity contribution in [3.63, 3.8) is 0 Å². The quantitative estimate of drug-likeness (QED) is 0.339. The van der Waals surface area contributed by atoms with Gasteiger partial charge >= 0.3 is 0 Å². The van der Waals surface area contributed by atoms with E-state index in [1.165, 1.54) is 0 Å². The van der Waals surface area contributed by atoms with Gasteiger partial charge in [0.25, 0.3) is 0 Å². The molecule has 0 spiro atoms. The lowest BCUT2D eigenvalue weighted by molar-refractivity contribution is -0.264. The number of halogens is 1. The van der Waals surface area contributed by atoms with E-state index < -0.39 is 41.7 Å².